The Kier molecular flexibility index (Phi) is 4.52. The third-order valence-corrected chi connectivity index (χ3v) is 3.91. The second-order valence-electron chi connectivity index (χ2n) is 3.99. The first-order valence-electron chi connectivity index (χ1n) is 5.68. The van der Waals surface area contributed by atoms with E-state index in [2.05, 4.69) is 34.6 Å². The van der Waals surface area contributed by atoms with Gasteiger partial charge in [-0.1, -0.05) is 34.1 Å². The maximum absolute atomic E-state index is 9.17. The molecule has 0 saturated carbocycles. The number of benzene rings is 2. The summed E-state index contributed by atoms with van der Waals surface area (Å²) in [4.78, 5) is 0. The fraction of sp³-hybridized carbons (Fsp3) is 0.133. The Labute approximate surface area is 126 Å². The number of nitriles is 1. The molecule has 2 aromatic carbocycles. The third-order valence-electron chi connectivity index (χ3n) is 2.86. The zero-order chi connectivity index (χ0) is 13.8. The third kappa shape index (κ3) is 2.94. The lowest BCUT2D eigenvalue weighted by molar-refractivity contribution is 0.410. The molecule has 0 N–H and O–H groups in total. The summed E-state index contributed by atoms with van der Waals surface area (Å²) >= 11 is 8.10. The van der Waals surface area contributed by atoms with Crippen molar-refractivity contribution in [1.29, 1.82) is 5.26 Å². The minimum atomic E-state index is -0.205. The van der Waals surface area contributed by atoms with E-state index in [1.54, 1.807) is 13.2 Å². The molecule has 0 aromatic heterocycles. The molecule has 0 fully saturated rings. The van der Waals surface area contributed by atoms with Crippen LogP contribution in [0.1, 0.15) is 21.9 Å². The number of rotatable bonds is 3. The van der Waals surface area contributed by atoms with Crippen LogP contribution in [0.5, 0.6) is 5.75 Å². The molecule has 1 unspecified atom stereocenters. The standard InChI is InChI=1S/C15H12BrNOS/c1-18-14-7-6-11(16)8-13(14)15(19)12-5-3-2-4-10(12)9-17/h2-8,15,19H,1H3. The summed E-state index contributed by atoms with van der Waals surface area (Å²) in [6.07, 6.45) is 0. The van der Waals surface area contributed by atoms with Crippen molar-refractivity contribution in [2.75, 3.05) is 7.11 Å². The first-order valence-corrected chi connectivity index (χ1v) is 6.99. The van der Waals surface area contributed by atoms with Gasteiger partial charge in [-0.25, -0.2) is 0 Å². The van der Waals surface area contributed by atoms with Crippen molar-refractivity contribution in [1.82, 2.24) is 0 Å². The first kappa shape index (κ1) is 14.0. The molecule has 2 aromatic rings. The highest BCUT2D eigenvalue weighted by atomic mass is 79.9. The molecule has 0 aliphatic heterocycles. The molecule has 0 amide bonds. The van der Waals surface area contributed by atoms with Crippen LogP contribution in [0.2, 0.25) is 0 Å². The molecule has 0 radical (unpaired) electrons. The van der Waals surface area contributed by atoms with Crippen molar-refractivity contribution in [3.63, 3.8) is 0 Å². The van der Waals surface area contributed by atoms with E-state index in [4.69, 9.17) is 4.74 Å². The van der Waals surface area contributed by atoms with Gasteiger partial charge in [0.05, 0.1) is 24.0 Å². The minimum Gasteiger partial charge on any atom is -0.496 e. The second-order valence-corrected chi connectivity index (χ2v) is 5.42. The summed E-state index contributed by atoms with van der Waals surface area (Å²) in [5, 5.41) is 8.97. The Morgan fingerprint density at radius 2 is 1.95 bits per heavy atom. The molecule has 0 aliphatic rings. The summed E-state index contributed by atoms with van der Waals surface area (Å²) in [5.74, 6) is 0.760. The molecule has 0 saturated heterocycles. The molecule has 0 bridgehead atoms. The fourth-order valence-electron chi connectivity index (χ4n) is 1.92. The minimum absolute atomic E-state index is 0.205. The van der Waals surface area contributed by atoms with E-state index in [1.807, 2.05) is 36.4 Å². The monoisotopic (exact) mass is 333 g/mol. The molecule has 4 heteroatoms. The van der Waals surface area contributed by atoms with E-state index < -0.39 is 0 Å². The second kappa shape index (κ2) is 6.14. The quantitative estimate of drug-likeness (QED) is 0.847. The Morgan fingerprint density at radius 3 is 2.63 bits per heavy atom. The Hall–Kier alpha value is -1.44. The summed E-state index contributed by atoms with van der Waals surface area (Å²) in [5.41, 5.74) is 2.44. The average Bonchev–Trinajstić information content (AvgIpc) is 2.46. The van der Waals surface area contributed by atoms with Crippen LogP contribution in [0.4, 0.5) is 0 Å². The van der Waals surface area contributed by atoms with Gasteiger partial charge in [-0.15, -0.1) is 0 Å². The summed E-state index contributed by atoms with van der Waals surface area (Å²) in [6, 6.07) is 15.4. The van der Waals surface area contributed by atoms with Crippen molar-refractivity contribution >= 4 is 28.6 Å². The maximum Gasteiger partial charge on any atom is 0.123 e. The van der Waals surface area contributed by atoms with Gasteiger partial charge >= 0.3 is 0 Å². The number of hydrogen-bond acceptors (Lipinski definition) is 3. The molecule has 19 heavy (non-hydrogen) atoms. The average molecular weight is 334 g/mol. The topological polar surface area (TPSA) is 33.0 Å². The van der Waals surface area contributed by atoms with Crippen LogP contribution >= 0.6 is 28.6 Å². The van der Waals surface area contributed by atoms with Gasteiger partial charge in [0, 0.05) is 10.0 Å². The number of hydrogen-bond donors (Lipinski definition) is 1. The normalized spacial score (nSPS) is 11.7. The highest BCUT2D eigenvalue weighted by Crippen LogP contribution is 2.37. The van der Waals surface area contributed by atoms with Crippen molar-refractivity contribution in [2.24, 2.45) is 0 Å². The first-order chi connectivity index (χ1) is 9.17. The van der Waals surface area contributed by atoms with Crippen LogP contribution in [-0.4, -0.2) is 7.11 Å². The summed E-state index contributed by atoms with van der Waals surface area (Å²) in [7, 11) is 1.63. The van der Waals surface area contributed by atoms with E-state index in [9.17, 15) is 5.26 Å². The molecule has 1 atom stereocenters. The number of nitrogens with zero attached hydrogens (tertiary/aromatic N) is 1. The number of thiol groups is 1. The van der Waals surface area contributed by atoms with Gasteiger partial charge in [0.2, 0.25) is 0 Å². The van der Waals surface area contributed by atoms with Crippen LogP contribution in [0, 0.1) is 11.3 Å². The van der Waals surface area contributed by atoms with E-state index in [0.29, 0.717) is 5.56 Å². The van der Waals surface area contributed by atoms with E-state index in [-0.39, 0.29) is 5.25 Å². The Balaban J connectivity index is 2.53. The zero-order valence-corrected chi connectivity index (χ0v) is 12.8. The molecule has 0 aliphatic carbocycles. The SMILES string of the molecule is COc1ccc(Br)cc1C(S)c1ccccc1C#N. The largest absolute Gasteiger partial charge is 0.496 e. The van der Waals surface area contributed by atoms with Crippen LogP contribution < -0.4 is 4.74 Å². The number of ether oxygens (including phenoxy) is 1. The van der Waals surface area contributed by atoms with Crippen molar-refractivity contribution in [2.45, 2.75) is 5.25 Å². The van der Waals surface area contributed by atoms with Crippen LogP contribution in [0.3, 0.4) is 0 Å². The van der Waals surface area contributed by atoms with Crippen LogP contribution in [0.25, 0.3) is 0 Å². The summed E-state index contributed by atoms with van der Waals surface area (Å²) in [6.45, 7) is 0. The molecular weight excluding hydrogens is 322 g/mol. The fourth-order valence-corrected chi connectivity index (χ4v) is 2.73. The van der Waals surface area contributed by atoms with E-state index in [0.717, 1.165) is 21.3 Å². The van der Waals surface area contributed by atoms with Gasteiger partial charge < -0.3 is 4.74 Å². The molecule has 96 valence electrons. The highest BCUT2D eigenvalue weighted by Gasteiger charge is 2.17. The van der Waals surface area contributed by atoms with Crippen molar-refractivity contribution < 1.29 is 4.74 Å². The van der Waals surface area contributed by atoms with Gasteiger partial charge in [0.1, 0.15) is 5.75 Å². The lowest BCUT2D eigenvalue weighted by Crippen LogP contribution is -2.00. The van der Waals surface area contributed by atoms with E-state index in [1.165, 1.54) is 0 Å². The molecule has 0 spiro atoms. The van der Waals surface area contributed by atoms with Gasteiger partial charge in [0.15, 0.2) is 0 Å². The summed E-state index contributed by atoms with van der Waals surface area (Å²) < 4.78 is 6.32. The van der Waals surface area contributed by atoms with Crippen molar-refractivity contribution in [3.05, 3.63) is 63.6 Å². The van der Waals surface area contributed by atoms with Crippen LogP contribution in [0.15, 0.2) is 46.9 Å². The lowest BCUT2D eigenvalue weighted by Gasteiger charge is -2.16. The smallest absolute Gasteiger partial charge is 0.123 e. The Morgan fingerprint density at radius 1 is 1.21 bits per heavy atom. The molecule has 2 rings (SSSR count). The van der Waals surface area contributed by atoms with Crippen molar-refractivity contribution in [3.8, 4) is 11.8 Å². The predicted octanol–water partition coefficient (Wildman–Crippen LogP) is 4.35. The van der Waals surface area contributed by atoms with Crippen LogP contribution in [-0.2, 0) is 0 Å². The molecule has 2 nitrogen and oxygen atoms in total. The Bertz CT molecular complexity index is 636. The predicted molar refractivity (Wildman–Crippen MR) is 82.7 cm³/mol. The van der Waals surface area contributed by atoms with E-state index >= 15 is 0 Å². The highest BCUT2D eigenvalue weighted by molar-refractivity contribution is 9.10. The lowest BCUT2D eigenvalue weighted by atomic mass is 9.99. The van der Waals surface area contributed by atoms with Gasteiger partial charge in [-0.05, 0) is 29.8 Å². The molecule has 0 heterocycles. The van der Waals surface area contributed by atoms with Gasteiger partial charge in [0.25, 0.3) is 0 Å². The molecular formula is C15H12BrNOS. The van der Waals surface area contributed by atoms with Gasteiger partial charge in [-0.3, -0.25) is 0 Å². The maximum atomic E-state index is 9.17. The van der Waals surface area contributed by atoms with Gasteiger partial charge in [-0.2, -0.15) is 17.9 Å². The number of methoxy groups -OCH3 is 1. The number of halogens is 1. The zero-order valence-electron chi connectivity index (χ0n) is 10.3.